The van der Waals surface area contributed by atoms with Gasteiger partial charge in [0.1, 0.15) is 6.29 Å². The van der Waals surface area contributed by atoms with Crippen molar-refractivity contribution in [1.29, 1.82) is 0 Å². The number of unbranched alkanes of at least 4 members (excludes halogenated alkanes) is 9. The maximum Gasteiger partial charge on any atom is 0.127 e. The molecule has 1 aromatic carbocycles. The lowest BCUT2D eigenvalue weighted by molar-refractivity contribution is -0.108. The van der Waals surface area contributed by atoms with Crippen LogP contribution in [0.5, 0.6) is 0 Å². The molecule has 0 aliphatic heterocycles. The number of carbonyl (C=O) groups excluding carboxylic acids is 1. The molecule has 0 heterocycles. The van der Waals surface area contributed by atoms with E-state index >= 15 is 0 Å². The van der Waals surface area contributed by atoms with Gasteiger partial charge in [-0.3, -0.25) is 0 Å². The van der Waals surface area contributed by atoms with Crippen molar-refractivity contribution in [2.45, 2.75) is 90.4 Å². The summed E-state index contributed by atoms with van der Waals surface area (Å²) in [4.78, 5) is 10.8. The molecule has 0 spiro atoms. The van der Waals surface area contributed by atoms with Gasteiger partial charge in [0, 0.05) is 5.92 Å². The van der Waals surface area contributed by atoms with E-state index in [0.29, 0.717) is 0 Å². The van der Waals surface area contributed by atoms with Crippen LogP contribution in [0.3, 0.4) is 0 Å². The third-order valence-electron chi connectivity index (χ3n) is 4.53. The van der Waals surface area contributed by atoms with E-state index in [9.17, 15) is 4.79 Å². The summed E-state index contributed by atoms with van der Waals surface area (Å²) >= 11 is 0. The van der Waals surface area contributed by atoms with E-state index in [2.05, 4.69) is 31.2 Å². The summed E-state index contributed by atoms with van der Waals surface area (Å²) in [6.45, 7) is 4.22. The number of aldehydes is 1. The molecule has 22 heavy (non-hydrogen) atoms. The average Bonchev–Trinajstić information content (AvgIpc) is 2.56. The SMILES string of the molecule is CCCCCCCCCCCCc1ccc(C(C)C=O)cc1. The summed E-state index contributed by atoms with van der Waals surface area (Å²) in [5, 5.41) is 0. The second-order valence-corrected chi connectivity index (χ2v) is 6.60. The van der Waals surface area contributed by atoms with Gasteiger partial charge in [-0.1, -0.05) is 95.9 Å². The molecule has 0 amide bonds. The van der Waals surface area contributed by atoms with Gasteiger partial charge in [-0.05, 0) is 24.0 Å². The van der Waals surface area contributed by atoms with Crippen LogP contribution in [0, 0.1) is 0 Å². The predicted octanol–water partition coefficient (Wildman–Crippen LogP) is 6.45. The largest absolute Gasteiger partial charge is 0.303 e. The van der Waals surface area contributed by atoms with Gasteiger partial charge < -0.3 is 4.79 Å². The molecule has 1 unspecified atom stereocenters. The number of aryl methyl sites for hydroxylation is 1. The van der Waals surface area contributed by atoms with Crippen molar-refractivity contribution in [3.8, 4) is 0 Å². The predicted molar refractivity (Wildman–Crippen MR) is 96.5 cm³/mol. The monoisotopic (exact) mass is 302 g/mol. The molecule has 0 bridgehead atoms. The lowest BCUT2D eigenvalue weighted by atomic mass is 9.99. The molecule has 1 atom stereocenters. The molecule has 0 saturated heterocycles. The molecule has 0 aliphatic rings. The topological polar surface area (TPSA) is 17.1 Å². The molecule has 0 radical (unpaired) electrons. The van der Waals surface area contributed by atoms with E-state index in [1.54, 1.807) is 0 Å². The molecule has 0 aliphatic carbocycles. The maximum atomic E-state index is 10.8. The van der Waals surface area contributed by atoms with Crippen LogP contribution >= 0.6 is 0 Å². The zero-order chi connectivity index (χ0) is 16.0. The van der Waals surface area contributed by atoms with Gasteiger partial charge in [-0.2, -0.15) is 0 Å². The fourth-order valence-corrected chi connectivity index (χ4v) is 2.88. The lowest BCUT2D eigenvalue weighted by Crippen LogP contribution is -1.94. The van der Waals surface area contributed by atoms with E-state index in [1.807, 2.05) is 6.92 Å². The van der Waals surface area contributed by atoms with Crippen LogP contribution in [0.25, 0.3) is 0 Å². The summed E-state index contributed by atoms with van der Waals surface area (Å²) in [6, 6.07) is 8.57. The van der Waals surface area contributed by atoms with Crippen molar-refractivity contribution in [2.24, 2.45) is 0 Å². The number of carbonyl (C=O) groups is 1. The summed E-state index contributed by atoms with van der Waals surface area (Å²) < 4.78 is 0. The molecular weight excluding hydrogens is 268 g/mol. The van der Waals surface area contributed by atoms with Crippen LogP contribution in [0.2, 0.25) is 0 Å². The van der Waals surface area contributed by atoms with Gasteiger partial charge in [-0.25, -0.2) is 0 Å². The standard InChI is InChI=1S/C21H34O/c1-3-4-5-6-7-8-9-10-11-12-13-20-14-16-21(17-15-20)19(2)18-22/h14-19H,3-13H2,1-2H3. The highest BCUT2D eigenvalue weighted by atomic mass is 16.1. The number of rotatable bonds is 13. The van der Waals surface area contributed by atoms with Crippen LogP contribution in [-0.2, 0) is 11.2 Å². The smallest absolute Gasteiger partial charge is 0.127 e. The third-order valence-corrected chi connectivity index (χ3v) is 4.53. The van der Waals surface area contributed by atoms with Gasteiger partial charge in [0.25, 0.3) is 0 Å². The Balaban J connectivity index is 2.01. The Labute approximate surface area is 137 Å². The van der Waals surface area contributed by atoms with Crippen molar-refractivity contribution in [2.75, 3.05) is 0 Å². The van der Waals surface area contributed by atoms with E-state index in [4.69, 9.17) is 0 Å². The number of hydrogen-bond acceptors (Lipinski definition) is 1. The Morgan fingerprint density at radius 3 is 1.82 bits per heavy atom. The summed E-state index contributed by atoms with van der Waals surface area (Å²) in [6.07, 6.45) is 16.1. The second-order valence-electron chi connectivity index (χ2n) is 6.60. The Morgan fingerprint density at radius 1 is 0.818 bits per heavy atom. The maximum absolute atomic E-state index is 10.8. The average molecular weight is 303 g/mol. The Kier molecular flexibility index (Phi) is 10.7. The van der Waals surface area contributed by atoms with Crippen molar-refractivity contribution in [3.63, 3.8) is 0 Å². The zero-order valence-corrected chi connectivity index (χ0v) is 14.7. The van der Waals surface area contributed by atoms with Crippen molar-refractivity contribution < 1.29 is 4.79 Å². The van der Waals surface area contributed by atoms with Crippen molar-refractivity contribution in [3.05, 3.63) is 35.4 Å². The first-order valence-corrected chi connectivity index (χ1v) is 9.32. The first kappa shape index (κ1) is 18.9. The number of hydrogen-bond donors (Lipinski definition) is 0. The Morgan fingerprint density at radius 2 is 1.32 bits per heavy atom. The minimum absolute atomic E-state index is 0.0198. The molecule has 1 rings (SSSR count). The van der Waals surface area contributed by atoms with Crippen LogP contribution in [0.4, 0.5) is 0 Å². The minimum Gasteiger partial charge on any atom is -0.303 e. The van der Waals surface area contributed by atoms with E-state index in [0.717, 1.165) is 11.8 Å². The summed E-state index contributed by atoms with van der Waals surface area (Å²) in [5.74, 6) is 0.0198. The first-order chi connectivity index (χ1) is 10.8. The van der Waals surface area contributed by atoms with Crippen LogP contribution in [0.15, 0.2) is 24.3 Å². The fraction of sp³-hybridized carbons (Fsp3) is 0.667. The highest BCUT2D eigenvalue weighted by Crippen LogP contribution is 2.16. The third kappa shape index (κ3) is 8.36. The molecular formula is C21H34O. The normalized spacial score (nSPS) is 12.3. The van der Waals surface area contributed by atoms with Crippen LogP contribution in [-0.4, -0.2) is 6.29 Å². The molecule has 0 fully saturated rings. The lowest BCUT2D eigenvalue weighted by Gasteiger charge is -2.06. The summed E-state index contributed by atoms with van der Waals surface area (Å²) in [7, 11) is 0. The molecule has 1 aromatic rings. The van der Waals surface area contributed by atoms with Gasteiger partial charge in [0.15, 0.2) is 0 Å². The quantitative estimate of drug-likeness (QED) is 0.302. The second kappa shape index (κ2) is 12.4. The number of benzene rings is 1. The highest BCUT2D eigenvalue weighted by Gasteiger charge is 2.03. The van der Waals surface area contributed by atoms with Gasteiger partial charge >= 0.3 is 0 Å². The van der Waals surface area contributed by atoms with E-state index < -0.39 is 0 Å². The summed E-state index contributed by atoms with van der Waals surface area (Å²) in [5.41, 5.74) is 2.53. The van der Waals surface area contributed by atoms with Gasteiger partial charge in [0.2, 0.25) is 0 Å². The molecule has 0 saturated carbocycles. The van der Waals surface area contributed by atoms with Crippen LogP contribution in [0.1, 0.15) is 95.1 Å². The highest BCUT2D eigenvalue weighted by molar-refractivity contribution is 5.61. The molecule has 0 N–H and O–H groups in total. The molecule has 1 nitrogen and oxygen atoms in total. The molecule has 0 aromatic heterocycles. The van der Waals surface area contributed by atoms with Gasteiger partial charge in [0.05, 0.1) is 0 Å². The zero-order valence-electron chi connectivity index (χ0n) is 14.7. The van der Waals surface area contributed by atoms with Crippen LogP contribution < -0.4 is 0 Å². The van der Waals surface area contributed by atoms with Crippen molar-refractivity contribution in [1.82, 2.24) is 0 Å². The fourth-order valence-electron chi connectivity index (χ4n) is 2.88. The Bertz CT molecular complexity index is 379. The molecule has 1 heteroatoms. The molecule has 124 valence electrons. The van der Waals surface area contributed by atoms with E-state index in [-0.39, 0.29) is 5.92 Å². The Hall–Kier alpha value is -1.11. The van der Waals surface area contributed by atoms with E-state index in [1.165, 1.54) is 76.2 Å². The first-order valence-electron chi connectivity index (χ1n) is 9.32. The van der Waals surface area contributed by atoms with Gasteiger partial charge in [-0.15, -0.1) is 0 Å². The minimum atomic E-state index is 0.0198. The van der Waals surface area contributed by atoms with Crippen molar-refractivity contribution >= 4 is 6.29 Å².